The average molecular weight is 374 g/mol. The van der Waals surface area contributed by atoms with Crippen molar-refractivity contribution in [3.63, 3.8) is 0 Å². The molecule has 1 atom stereocenters. The number of ether oxygens (including phenoxy) is 1. The van der Waals surface area contributed by atoms with Crippen molar-refractivity contribution in [3.8, 4) is 5.75 Å². The van der Waals surface area contributed by atoms with Crippen molar-refractivity contribution in [2.45, 2.75) is 13.0 Å². The van der Waals surface area contributed by atoms with Crippen molar-refractivity contribution in [2.75, 3.05) is 11.9 Å². The molecule has 0 spiro atoms. The zero-order valence-electron chi connectivity index (χ0n) is 15.6. The zero-order valence-corrected chi connectivity index (χ0v) is 15.6. The first kappa shape index (κ1) is 19.2. The first-order valence-corrected chi connectivity index (χ1v) is 9.06. The minimum absolute atomic E-state index is 0.139. The second-order valence-corrected chi connectivity index (χ2v) is 6.30. The van der Waals surface area contributed by atoms with Crippen LogP contribution in [0.5, 0.6) is 5.75 Å². The highest BCUT2D eigenvalue weighted by Gasteiger charge is 2.16. The zero-order chi connectivity index (χ0) is 19.8. The number of hydrogen-bond donors (Lipinski definition) is 2. The lowest BCUT2D eigenvalue weighted by Gasteiger charge is -2.16. The Balaban J connectivity index is 1.63. The van der Waals surface area contributed by atoms with E-state index in [-0.39, 0.29) is 24.5 Å². The molecule has 3 aromatic rings. The Morgan fingerprint density at radius 3 is 2.18 bits per heavy atom. The number of benzene rings is 3. The highest BCUT2D eigenvalue weighted by molar-refractivity contribution is 6.04. The Morgan fingerprint density at radius 2 is 1.46 bits per heavy atom. The van der Waals surface area contributed by atoms with Gasteiger partial charge in [0.05, 0.1) is 17.3 Å². The molecule has 5 heteroatoms. The highest BCUT2D eigenvalue weighted by Crippen LogP contribution is 2.18. The molecular weight excluding hydrogens is 352 g/mol. The van der Waals surface area contributed by atoms with E-state index in [9.17, 15) is 9.59 Å². The van der Waals surface area contributed by atoms with Gasteiger partial charge in [-0.15, -0.1) is 0 Å². The number of hydrogen-bond acceptors (Lipinski definition) is 3. The molecule has 0 bridgehead atoms. The Bertz CT molecular complexity index is 927. The van der Waals surface area contributed by atoms with Crippen LogP contribution in [0.4, 0.5) is 5.69 Å². The third kappa shape index (κ3) is 5.20. The second kappa shape index (κ2) is 9.37. The fourth-order valence-electron chi connectivity index (χ4n) is 2.74. The van der Waals surface area contributed by atoms with Crippen LogP contribution in [0.3, 0.4) is 0 Å². The third-order valence-corrected chi connectivity index (χ3v) is 4.21. The summed E-state index contributed by atoms with van der Waals surface area (Å²) in [6.45, 7) is 1.78. The van der Waals surface area contributed by atoms with Gasteiger partial charge >= 0.3 is 0 Å². The van der Waals surface area contributed by atoms with Gasteiger partial charge in [-0.3, -0.25) is 9.59 Å². The number of nitrogens with one attached hydrogen (secondary N) is 2. The van der Waals surface area contributed by atoms with Crippen molar-refractivity contribution in [2.24, 2.45) is 0 Å². The molecular formula is C23H22N2O3. The van der Waals surface area contributed by atoms with Crippen LogP contribution in [0.2, 0.25) is 0 Å². The molecule has 0 aliphatic carbocycles. The summed E-state index contributed by atoms with van der Waals surface area (Å²) in [6, 6.07) is 25.6. The smallest absolute Gasteiger partial charge is 0.262 e. The fraction of sp³-hybridized carbons (Fsp3) is 0.130. The Hall–Kier alpha value is -3.60. The highest BCUT2D eigenvalue weighted by atomic mass is 16.5. The Morgan fingerprint density at radius 1 is 0.857 bits per heavy atom. The minimum atomic E-state index is -0.333. The molecule has 0 radical (unpaired) electrons. The van der Waals surface area contributed by atoms with Gasteiger partial charge in [0.15, 0.2) is 6.61 Å². The summed E-state index contributed by atoms with van der Waals surface area (Å²) in [6.07, 6.45) is 0. The van der Waals surface area contributed by atoms with Crippen molar-refractivity contribution < 1.29 is 14.3 Å². The minimum Gasteiger partial charge on any atom is -0.484 e. The van der Waals surface area contributed by atoms with Crippen LogP contribution in [0.25, 0.3) is 0 Å². The van der Waals surface area contributed by atoms with Crippen LogP contribution in [0.15, 0.2) is 84.9 Å². The molecule has 142 valence electrons. The summed E-state index contributed by atoms with van der Waals surface area (Å²) in [5, 5.41) is 5.71. The lowest BCUT2D eigenvalue weighted by atomic mass is 10.1. The van der Waals surface area contributed by atoms with Gasteiger partial charge in [-0.25, -0.2) is 0 Å². The van der Waals surface area contributed by atoms with Crippen LogP contribution in [-0.4, -0.2) is 18.4 Å². The van der Waals surface area contributed by atoms with E-state index in [0.29, 0.717) is 17.0 Å². The number of para-hydroxylation sites is 2. The average Bonchev–Trinajstić information content (AvgIpc) is 2.74. The Kier molecular flexibility index (Phi) is 6.41. The van der Waals surface area contributed by atoms with Gasteiger partial charge in [-0.1, -0.05) is 60.7 Å². The molecule has 0 fully saturated rings. The molecule has 0 heterocycles. The molecule has 0 aromatic heterocycles. The second-order valence-electron chi connectivity index (χ2n) is 6.30. The quantitative estimate of drug-likeness (QED) is 0.651. The molecule has 1 unspecified atom stereocenters. The third-order valence-electron chi connectivity index (χ3n) is 4.21. The van der Waals surface area contributed by atoms with Crippen molar-refractivity contribution in [1.29, 1.82) is 0 Å². The van der Waals surface area contributed by atoms with Crippen molar-refractivity contribution in [1.82, 2.24) is 5.32 Å². The van der Waals surface area contributed by atoms with Crippen LogP contribution in [0, 0.1) is 0 Å². The van der Waals surface area contributed by atoms with Gasteiger partial charge in [-0.05, 0) is 36.8 Å². The van der Waals surface area contributed by atoms with Crippen LogP contribution in [-0.2, 0) is 4.79 Å². The monoisotopic (exact) mass is 374 g/mol. The van der Waals surface area contributed by atoms with E-state index < -0.39 is 0 Å². The first-order valence-electron chi connectivity index (χ1n) is 9.06. The molecule has 5 nitrogen and oxygen atoms in total. The topological polar surface area (TPSA) is 67.4 Å². The van der Waals surface area contributed by atoms with E-state index in [1.807, 2.05) is 55.5 Å². The number of anilines is 1. The van der Waals surface area contributed by atoms with Crippen LogP contribution < -0.4 is 15.4 Å². The van der Waals surface area contributed by atoms with Gasteiger partial charge in [0, 0.05) is 0 Å². The number of carbonyl (C=O) groups is 2. The molecule has 0 aliphatic rings. The largest absolute Gasteiger partial charge is 0.484 e. The van der Waals surface area contributed by atoms with Gasteiger partial charge in [0.25, 0.3) is 11.8 Å². The van der Waals surface area contributed by atoms with Gasteiger partial charge in [0.2, 0.25) is 0 Å². The molecule has 2 N–H and O–H groups in total. The molecule has 3 aromatic carbocycles. The van der Waals surface area contributed by atoms with Gasteiger partial charge in [0.1, 0.15) is 5.75 Å². The number of amides is 2. The van der Waals surface area contributed by atoms with E-state index in [1.165, 1.54) is 0 Å². The molecule has 2 amide bonds. The maximum absolute atomic E-state index is 12.7. The molecule has 28 heavy (non-hydrogen) atoms. The summed E-state index contributed by atoms with van der Waals surface area (Å²) in [5.74, 6) is 0.0248. The van der Waals surface area contributed by atoms with E-state index in [1.54, 1.807) is 36.4 Å². The van der Waals surface area contributed by atoms with Crippen LogP contribution >= 0.6 is 0 Å². The van der Waals surface area contributed by atoms with Crippen molar-refractivity contribution in [3.05, 3.63) is 96.1 Å². The van der Waals surface area contributed by atoms with Crippen molar-refractivity contribution >= 4 is 17.5 Å². The summed E-state index contributed by atoms with van der Waals surface area (Å²) >= 11 is 0. The first-order chi connectivity index (χ1) is 13.6. The summed E-state index contributed by atoms with van der Waals surface area (Å²) in [7, 11) is 0. The van der Waals surface area contributed by atoms with E-state index in [4.69, 9.17) is 4.74 Å². The molecule has 0 aliphatic heterocycles. The van der Waals surface area contributed by atoms with Crippen LogP contribution in [0.1, 0.15) is 28.9 Å². The number of carbonyl (C=O) groups excluding carboxylic acids is 2. The van der Waals surface area contributed by atoms with E-state index >= 15 is 0 Å². The van der Waals surface area contributed by atoms with E-state index in [2.05, 4.69) is 10.6 Å². The van der Waals surface area contributed by atoms with Gasteiger partial charge < -0.3 is 15.4 Å². The molecule has 0 saturated heterocycles. The standard InChI is InChI=1S/C23H22N2O3/c1-17(18-10-4-2-5-11-18)24-23(27)20-14-8-9-15-21(20)25-22(26)16-28-19-12-6-3-7-13-19/h2-15,17H,16H2,1H3,(H,24,27)(H,25,26). The van der Waals surface area contributed by atoms with E-state index in [0.717, 1.165) is 5.56 Å². The SMILES string of the molecule is CC(NC(=O)c1ccccc1NC(=O)COc1ccccc1)c1ccccc1. The predicted octanol–water partition coefficient (Wildman–Crippen LogP) is 4.20. The number of rotatable bonds is 7. The lowest BCUT2D eigenvalue weighted by Crippen LogP contribution is -2.28. The molecule has 3 rings (SSSR count). The maximum Gasteiger partial charge on any atom is 0.262 e. The Labute approximate surface area is 164 Å². The summed E-state index contributed by atoms with van der Waals surface area (Å²) in [5.41, 5.74) is 1.86. The maximum atomic E-state index is 12.7. The molecule has 0 saturated carbocycles. The summed E-state index contributed by atoms with van der Waals surface area (Å²) in [4.78, 5) is 25.0. The fourth-order valence-corrected chi connectivity index (χ4v) is 2.74. The predicted molar refractivity (Wildman–Crippen MR) is 109 cm³/mol. The van der Waals surface area contributed by atoms with Gasteiger partial charge in [-0.2, -0.15) is 0 Å². The lowest BCUT2D eigenvalue weighted by molar-refractivity contribution is -0.118. The summed E-state index contributed by atoms with van der Waals surface area (Å²) < 4.78 is 5.45. The normalized spacial score (nSPS) is 11.3.